The Hall–Kier alpha value is -2.61. The summed E-state index contributed by atoms with van der Waals surface area (Å²) in [4.78, 5) is 43.6. The topological polar surface area (TPSA) is 101 Å². The summed E-state index contributed by atoms with van der Waals surface area (Å²) in [5.74, 6) is -0.691. The zero-order valence-electron chi connectivity index (χ0n) is 15.0. The molecule has 7 nitrogen and oxygen atoms in total. The van der Waals surface area contributed by atoms with Crippen LogP contribution in [-0.4, -0.2) is 34.2 Å². The highest BCUT2D eigenvalue weighted by Gasteiger charge is 2.18. The first-order valence-corrected chi connectivity index (χ1v) is 9.88. The molecule has 1 aromatic carbocycles. The molecule has 27 heavy (non-hydrogen) atoms. The lowest BCUT2D eigenvalue weighted by Crippen LogP contribution is -2.19. The van der Waals surface area contributed by atoms with Gasteiger partial charge in [-0.2, -0.15) is 0 Å². The molecule has 0 spiro atoms. The van der Waals surface area contributed by atoms with Gasteiger partial charge in [0.1, 0.15) is 0 Å². The first-order chi connectivity index (χ1) is 13.1. The normalized spacial score (nSPS) is 12.5. The number of hydrogen-bond acceptors (Lipinski definition) is 6. The molecule has 0 bridgehead atoms. The lowest BCUT2D eigenvalue weighted by atomic mass is 10.2. The Bertz CT molecular complexity index is 910. The number of aromatic amines is 1. The van der Waals surface area contributed by atoms with Crippen molar-refractivity contribution >= 4 is 29.3 Å². The third-order valence-corrected chi connectivity index (χ3v) is 4.99. The zero-order chi connectivity index (χ0) is 19.2. The van der Waals surface area contributed by atoms with Crippen LogP contribution >= 0.6 is 11.8 Å². The predicted molar refractivity (Wildman–Crippen MR) is 103 cm³/mol. The Labute approximate surface area is 160 Å². The van der Waals surface area contributed by atoms with Gasteiger partial charge in [0.15, 0.2) is 5.16 Å². The first kappa shape index (κ1) is 19.2. The molecule has 0 saturated carbocycles. The number of esters is 1. The van der Waals surface area contributed by atoms with Gasteiger partial charge in [-0.3, -0.25) is 9.59 Å². The van der Waals surface area contributed by atoms with E-state index in [1.54, 1.807) is 24.3 Å². The molecular weight excluding hydrogens is 366 g/mol. The summed E-state index contributed by atoms with van der Waals surface area (Å²) in [7, 11) is 0. The summed E-state index contributed by atoms with van der Waals surface area (Å²) in [6.45, 7) is 2.24. The van der Waals surface area contributed by atoms with Gasteiger partial charge < -0.3 is 15.0 Å². The van der Waals surface area contributed by atoms with E-state index >= 15 is 0 Å². The fourth-order valence-electron chi connectivity index (χ4n) is 2.85. The van der Waals surface area contributed by atoms with Crippen molar-refractivity contribution in [3.05, 3.63) is 51.4 Å². The van der Waals surface area contributed by atoms with E-state index in [4.69, 9.17) is 4.74 Å². The van der Waals surface area contributed by atoms with Crippen LogP contribution in [0.1, 0.15) is 41.4 Å². The number of fused-ring (bicyclic) bond motifs is 1. The van der Waals surface area contributed by atoms with Crippen LogP contribution < -0.4 is 10.9 Å². The van der Waals surface area contributed by atoms with Crippen LogP contribution in [0.4, 0.5) is 5.69 Å². The number of carbonyl (C=O) groups excluding carboxylic acids is 2. The summed E-state index contributed by atoms with van der Waals surface area (Å²) >= 11 is 1.16. The molecule has 142 valence electrons. The van der Waals surface area contributed by atoms with Gasteiger partial charge in [0.25, 0.3) is 5.56 Å². The molecule has 0 fully saturated rings. The number of H-pyrrole nitrogens is 1. The van der Waals surface area contributed by atoms with Crippen LogP contribution in [0.25, 0.3) is 0 Å². The fourth-order valence-corrected chi connectivity index (χ4v) is 3.53. The number of anilines is 1. The minimum absolute atomic E-state index is 0.0695. The summed E-state index contributed by atoms with van der Waals surface area (Å²) in [5, 5.41) is 3.16. The predicted octanol–water partition coefficient (Wildman–Crippen LogP) is 2.56. The molecular formula is C19H21N3O4S. The van der Waals surface area contributed by atoms with Gasteiger partial charge >= 0.3 is 5.97 Å². The number of amides is 1. The molecule has 0 saturated heterocycles. The second-order valence-corrected chi connectivity index (χ2v) is 7.13. The molecule has 0 radical (unpaired) electrons. The lowest BCUT2D eigenvalue weighted by Gasteiger charge is -2.10. The van der Waals surface area contributed by atoms with Crippen LogP contribution in [0, 0.1) is 0 Å². The number of para-hydroxylation sites is 1. The second-order valence-electron chi connectivity index (χ2n) is 6.17. The van der Waals surface area contributed by atoms with Crippen LogP contribution in [-0.2, 0) is 22.4 Å². The van der Waals surface area contributed by atoms with E-state index in [0.29, 0.717) is 23.0 Å². The lowest BCUT2D eigenvalue weighted by molar-refractivity contribution is -0.113. The van der Waals surface area contributed by atoms with Gasteiger partial charge in [-0.25, -0.2) is 9.78 Å². The monoisotopic (exact) mass is 387 g/mol. The molecule has 2 aromatic rings. The highest BCUT2D eigenvalue weighted by Crippen LogP contribution is 2.21. The smallest absolute Gasteiger partial charge is 0.340 e. The number of thioether (sulfide) groups is 1. The van der Waals surface area contributed by atoms with Crippen molar-refractivity contribution in [3.8, 4) is 0 Å². The summed E-state index contributed by atoms with van der Waals surface area (Å²) in [5.41, 5.74) is 2.17. The second kappa shape index (κ2) is 8.85. The van der Waals surface area contributed by atoms with E-state index < -0.39 is 5.97 Å². The maximum absolute atomic E-state index is 12.3. The first-order valence-electron chi connectivity index (χ1n) is 8.89. The molecule has 1 heterocycles. The third-order valence-electron chi connectivity index (χ3n) is 4.12. The minimum atomic E-state index is -0.468. The Morgan fingerprint density at radius 1 is 1.30 bits per heavy atom. The zero-order valence-corrected chi connectivity index (χ0v) is 15.9. The van der Waals surface area contributed by atoms with E-state index in [1.165, 1.54) is 0 Å². The standard InChI is InChI=1S/C19H21N3O4S/c1-2-10-26-18(25)13-6-3-4-8-15(13)20-16(23)11-27-19-21-14-9-5-7-12(14)17(24)22-19/h3-4,6,8H,2,5,7,9-11H2,1H3,(H,20,23)(H,21,22,24). The van der Waals surface area contributed by atoms with Gasteiger partial charge in [-0.1, -0.05) is 30.8 Å². The van der Waals surface area contributed by atoms with E-state index in [-0.39, 0.29) is 17.2 Å². The highest BCUT2D eigenvalue weighted by atomic mass is 32.2. The average Bonchev–Trinajstić information content (AvgIpc) is 3.14. The molecule has 8 heteroatoms. The Morgan fingerprint density at radius 3 is 2.93 bits per heavy atom. The number of nitrogens with zero attached hydrogens (tertiary/aromatic N) is 1. The van der Waals surface area contributed by atoms with E-state index in [2.05, 4.69) is 15.3 Å². The largest absolute Gasteiger partial charge is 0.462 e. The number of hydrogen-bond donors (Lipinski definition) is 2. The van der Waals surface area contributed by atoms with Crippen molar-refractivity contribution in [1.29, 1.82) is 0 Å². The number of benzene rings is 1. The van der Waals surface area contributed by atoms with Gasteiger partial charge in [0.05, 0.1) is 29.3 Å². The van der Waals surface area contributed by atoms with Crippen LogP contribution in [0.15, 0.2) is 34.2 Å². The average molecular weight is 387 g/mol. The Balaban J connectivity index is 1.63. The highest BCUT2D eigenvalue weighted by molar-refractivity contribution is 7.99. The van der Waals surface area contributed by atoms with Crippen molar-refractivity contribution in [2.75, 3.05) is 17.7 Å². The number of ether oxygens (including phenoxy) is 1. The molecule has 0 unspecified atom stereocenters. The van der Waals surface area contributed by atoms with Crippen molar-refractivity contribution < 1.29 is 14.3 Å². The van der Waals surface area contributed by atoms with E-state index in [0.717, 1.165) is 48.7 Å². The number of carbonyl (C=O) groups is 2. The van der Waals surface area contributed by atoms with Crippen molar-refractivity contribution in [1.82, 2.24) is 9.97 Å². The van der Waals surface area contributed by atoms with Crippen molar-refractivity contribution in [2.45, 2.75) is 37.8 Å². The maximum Gasteiger partial charge on any atom is 0.340 e. The SMILES string of the molecule is CCCOC(=O)c1ccccc1NC(=O)CSc1nc2c(c(=O)[nH]1)CCC2. The van der Waals surface area contributed by atoms with Gasteiger partial charge in [-0.05, 0) is 37.8 Å². The summed E-state index contributed by atoms with van der Waals surface area (Å²) < 4.78 is 5.14. The molecule has 0 atom stereocenters. The molecule has 1 aromatic heterocycles. The van der Waals surface area contributed by atoms with Gasteiger partial charge in [0, 0.05) is 5.56 Å². The van der Waals surface area contributed by atoms with Crippen molar-refractivity contribution in [2.24, 2.45) is 0 Å². The molecule has 3 rings (SSSR count). The summed E-state index contributed by atoms with van der Waals surface area (Å²) in [6, 6.07) is 6.71. The molecule has 1 amide bonds. The van der Waals surface area contributed by atoms with Crippen molar-refractivity contribution in [3.63, 3.8) is 0 Å². The maximum atomic E-state index is 12.3. The van der Waals surface area contributed by atoms with E-state index in [1.807, 2.05) is 6.92 Å². The Morgan fingerprint density at radius 2 is 2.11 bits per heavy atom. The Kier molecular flexibility index (Phi) is 6.28. The van der Waals surface area contributed by atoms with Gasteiger partial charge in [0.2, 0.25) is 5.91 Å². The number of aromatic nitrogens is 2. The number of aryl methyl sites for hydroxylation is 1. The fraction of sp³-hybridized carbons (Fsp3) is 0.368. The molecule has 2 N–H and O–H groups in total. The van der Waals surface area contributed by atoms with E-state index in [9.17, 15) is 14.4 Å². The summed E-state index contributed by atoms with van der Waals surface area (Å²) in [6.07, 6.45) is 3.22. The molecule has 0 aliphatic heterocycles. The third kappa shape index (κ3) is 4.77. The number of nitrogens with one attached hydrogen (secondary N) is 2. The van der Waals surface area contributed by atoms with Crippen LogP contribution in [0.2, 0.25) is 0 Å². The number of rotatable bonds is 7. The quantitative estimate of drug-likeness (QED) is 0.430. The minimum Gasteiger partial charge on any atom is -0.462 e. The van der Waals surface area contributed by atoms with Gasteiger partial charge in [-0.15, -0.1) is 0 Å². The van der Waals surface area contributed by atoms with Crippen LogP contribution in [0.3, 0.4) is 0 Å². The van der Waals surface area contributed by atoms with Crippen LogP contribution in [0.5, 0.6) is 0 Å². The molecule has 1 aliphatic carbocycles. The molecule has 1 aliphatic rings.